The highest BCUT2D eigenvalue weighted by atomic mass is 16.5. The van der Waals surface area contributed by atoms with Gasteiger partial charge in [0.05, 0.1) is 12.7 Å². The Morgan fingerprint density at radius 2 is 2.27 bits per heavy atom. The van der Waals surface area contributed by atoms with Crippen LogP contribution in [-0.2, 0) is 4.74 Å². The van der Waals surface area contributed by atoms with Crippen molar-refractivity contribution in [2.24, 2.45) is 5.41 Å². The average molecular weight is 212 g/mol. The topological polar surface area (TPSA) is 24.5 Å². The van der Waals surface area contributed by atoms with Crippen molar-refractivity contribution in [3.05, 3.63) is 0 Å². The van der Waals surface area contributed by atoms with Crippen LogP contribution in [0.15, 0.2) is 0 Å². The molecule has 3 heteroatoms. The molecule has 1 heterocycles. The van der Waals surface area contributed by atoms with E-state index in [1.54, 1.807) is 0 Å². The SMILES string of the molecule is CN1CCOC(CNCC2(C)CCC2)C1. The normalized spacial score (nSPS) is 31.2. The summed E-state index contributed by atoms with van der Waals surface area (Å²) in [5, 5.41) is 3.57. The predicted octanol–water partition coefficient (Wildman–Crippen LogP) is 1.10. The van der Waals surface area contributed by atoms with Crippen LogP contribution < -0.4 is 5.32 Å². The van der Waals surface area contributed by atoms with E-state index in [0.717, 1.165) is 32.8 Å². The summed E-state index contributed by atoms with van der Waals surface area (Å²) in [6.07, 6.45) is 4.60. The fourth-order valence-electron chi connectivity index (χ4n) is 2.48. The van der Waals surface area contributed by atoms with E-state index in [-0.39, 0.29) is 0 Å². The van der Waals surface area contributed by atoms with Crippen LogP contribution >= 0.6 is 0 Å². The number of nitrogens with zero attached hydrogens (tertiary/aromatic N) is 1. The minimum Gasteiger partial charge on any atom is -0.374 e. The third kappa shape index (κ3) is 3.16. The molecule has 0 aromatic rings. The summed E-state index contributed by atoms with van der Waals surface area (Å²) in [6, 6.07) is 0. The number of ether oxygens (including phenoxy) is 1. The van der Waals surface area contributed by atoms with Gasteiger partial charge in [-0.15, -0.1) is 0 Å². The Balaban J connectivity index is 1.60. The van der Waals surface area contributed by atoms with Crippen molar-refractivity contribution in [2.45, 2.75) is 32.3 Å². The van der Waals surface area contributed by atoms with Crippen LogP contribution in [0.5, 0.6) is 0 Å². The Morgan fingerprint density at radius 1 is 1.47 bits per heavy atom. The van der Waals surface area contributed by atoms with Crippen LogP contribution in [0.1, 0.15) is 26.2 Å². The van der Waals surface area contributed by atoms with Crippen LogP contribution in [0.25, 0.3) is 0 Å². The first-order valence-electron chi connectivity index (χ1n) is 6.19. The van der Waals surface area contributed by atoms with Crippen LogP contribution in [-0.4, -0.2) is 50.8 Å². The van der Waals surface area contributed by atoms with Crippen molar-refractivity contribution in [1.29, 1.82) is 0 Å². The minimum atomic E-state index is 0.396. The van der Waals surface area contributed by atoms with E-state index in [1.165, 1.54) is 19.3 Å². The first kappa shape index (κ1) is 11.4. The zero-order valence-electron chi connectivity index (χ0n) is 10.1. The van der Waals surface area contributed by atoms with Gasteiger partial charge in [-0.1, -0.05) is 13.3 Å². The molecule has 0 amide bonds. The molecule has 1 aliphatic heterocycles. The van der Waals surface area contributed by atoms with Crippen molar-refractivity contribution < 1.29 is 4.74 Å². The largest absolute Gasteiger partial charge is 0.374 e. The molecule has 2 aliphatic rings. The van der Waals surface area contributed by atoms with E-state index in [1.807, 2.05) is 0 Å². The number of rotatable bonds is 4. The van der Waals surface area contributed by atoms with Gasteiger partial charge in [0.2, 0.25) is 0 Å². The Hall–Kier alpha value is -0.120. The summed E-state index contributed by atoms with van der Waals surface area (Å²) >= 11 is 0. The monoisotopic (exact) mass is 212 g/mol. The molecule has 1 saturated carbocycles. The molecule has 1 atom stereocenters. The molecule has 0 radical (unpaired) electrons. The summed E-state index contributed by atoms with van der Waals surface area (Å²) in [5.74, 6) is 0. The highest BCUT2D eigenvalue weighted by Gasteiger charge is 2.31. The number of morpholine rings is 1. The zero-order chi connectivity index (χ0) is 10.7. The molecule has 1 saturated heterocycles. The second-order valence-electron chi connectivity index (χ2n) is 5.55. The third-order valence-electron chi connectivity index (χ3n) is 3.83. The van der Waals surface area contributed by atoms with Gasteiger partial charge < -0.3 is 15.0 Å². The van der Waals surface area contributed by atoms with Gasteiger partial charge in [-0.2, -0.15) is 0 Å². The van der Waals surface area contributed by atoms with E-state index in [2.05, 4.69) is 24.2 Å². The Bertz CT molecular complexity index is 204. The second kappa shape index (κ2) is 4.81. The molecule has 1 unspecified atom stereocenters. The predicted molar refractivity (Wildman–Crippen MR) is 62.1 cm³/mol. The van der Waals surface area contributed by atoms with Crippen LogP contribution in [0.3, 0.4) is 0 Å². The average Bonchev–Trinajstić information content (AvgIpc) is 2.15. The maximum Gasteiger partial charge on any atom is 0.0826 e. The Kier molecular flexibility index (Phi) is 3.65. The molecule has 1 aliphatic carbocycles. The van der Waals surface area contributed by atoms with Crippen molar-refractivity contribution in [3.63, 3.8) is 0 Å². The standard InChI is InChI=1S/C12H24N2O/c1-12(4-3-5-12)10-13-8-11-9-14(2)6-7-15-11/h11,13H,3-10H2,1-2H3. The number of hydrogen-bond donors (Lipinski definition) is 1. The smallest absolute Gasteiger partial charge is 0.0826 e. The van der Waals surface area contributed by atoms with Gasteiger partial charge in [0.1, 0.15) is 0 Å². The highest BCUT2D eigenvalue weighted by Crippen LogP contribution is 2.39. The molecule has 0 aromatic carbocycles. The first-order chi connectivity index (χ1) is 7.18. The van der Waals surface area contributed by atoms with E-state index in [4.69, 9.17) is 4.74 Å². The van der Waals surface area contributed by atoms with Crippen LogP contribution in [0, 0.1) is 5.41 Å². The molecular weight excluding hydrogens is 188 g/mol. The number of likely N-dealkylation sites (N-methyl/N-ethyl adjacent to an activating group) is 1. The van der Waals surface area contributed by atoms with Crippen molar-refractivity contribution >= 4 is 0 Å². The van der Waals surface area contributed by atoms with Gasteiger partial charge in [0.15, 0.2) is 0 Å². The fourth-order valence-corrected chi connectivity index (χ4v) is 2.48. The molecule has 3 nitrogen and oxygen atoms in total. The van der Waals surface area contributed by atoms with Gasteiger partial charge in [-0.25, -0.2) is 0 Å². The zero-order valence-corrected chi connectivity index (χ0v) is 10.1. The third-order valence-corrected chi connectivity index (χ3v) is 3.83. The molecule has 15 heavy (non-hydrogen) atoms. The van der Waals surface area contributed by atoms with Gasteiger partial charge >= 0.3 is 0 Å². The van der Waals surface area contributed by atoms with Gasteiger partial charge in [0.25, 0.3) is 0 Å². The number of hydrogen-bond acceptors (Lipinski definition) is 3. The Morgan fingerprint density at radius 3 is 2.87 bits per heavy atom. The summed E-state index contributed by atoms with van der Waals surface area (Å²) < 4.78 is 5.71. The maximum absolute atomic E-state index is 5.71. The molecular formula is C12H24N2O. The molecule has 1 N–H and O–H groups in total. The summed E-state index contributed by atoms with van der Waals surface area (Å²) in [4.78, 5) is 2.35. The Labute approximate surface area is 93.2 Å². The molecule has 2 fully saturated rings. The van der Waals surface area contributed by atoms with Crippen molar-refractivity contribution in [3.8, 4) is 0 Å². The molecule has 0 spiro atoms. The number of nitrogens with one attached hydrogen (secondary N) is 1. The van der Waals surface area contributed by atoms with Crippen molar-refractivity contribution in [1.82, 2.24) is 10.2 Å². The molecule has 2 rings (SSSR count). The van der Waals surface area contributed by atoms with Crippen LogP contribution in [0.4, 0.5) is 0 Å². The highest BCUT2D eigenvalue weighted by molar-refractivity contribution is 4.85. The van der Waals surface area contributed by atoms with E-state index >= 15 is 0 Å². The van der Waals surface area contributed by atoms with E-state index in [9.17, 15) is 0 Å². The van der Waals surface area contributed by atoms with Crippen LogP contribution in [0.2, 0.25) is 0 Å². The lowest BCUT2D eigenvalue weighted by atomic mass is 9.70. The maximum atomic E-state index is 5.71. The molecule has 0 bridgehead atoms. The van der Waals surface area contributed by atoms with E-state index < -0.39 is 0 Å². The summed E-state index contributed by atoms with van der Waals surface area (Å²) in [6.45, 7) is 7.60. The second-order valence-corrected chi connectivity index (χ2v) is 5.55. The van der Waals surface area contributed by atoms with E-state index in [0.29, 0.717) is 11.5 Å². The van der Waals surface area contributed by atoms with Gasteiger partial charge in [0, 0.05) is 26.2 Å². The first-order valence-corrected chi connectivity index (χ1v) is 6.19. The molecule has 88 valence electrons. The lowest BCUT2D eigenvalue weighted by Crippen LogP contribution is -2.47. The lowest BCUT2D eigenvalue weighted by Gasteiger charge is -2.39. The minimum absolute atomic E-state index is 0.396. The lowest BCUT2D eigenvalue weighted by molar-refractivity contribution is -0.0199. The quantitative estimate of drug-likeness (QED) is 0.755. The molecule has 0 aromatic heterocycles. The van der Waals surface area contributed by atoms with Gasteiger partial charge in [-0.3, -0.25) is 0 Å². The van der Waals surface area contributed by atoms with Gasteiger partial charge in [-0.05, 0) is 25.3 Å². The summed E-state index contributed by atoms with van der Waals surface area (Å²) in [5.41, 5.74) is 0.584. The van der Waals surface area contributed by atoms with Crippen molar-refractivity contribution in [2.75, 3.05) is 39.8 Å². The fraction of sp³-hybridized carbons (Fsp3) is 1.00. The summed E-state index contributed by atoms with van der Waals surface area (Å²) in [7, 11) is 2.17.